The molecule has 1 heterocycles. The van der Waals surface area contributed by atoms with Gasteiger partial charge in [0.1, 0.15) is 6.54 Å². The zero-order valence-electron chi connectivity index (χ0n) is 14.4. The summed E-state index contributed by atoms with van der Waals surface area (Å²) in [5.41, 5.74) is 1.05. The van der Waals surface area contributed by atoms with Crippen LogP contribution in [0.2, 0.25) is 0 Å². The molecule has 0 aliphatic carbocycles. The first-order valence-electron chi connectivity index (χ1n) is 8.02. The van der Waals surface area contributed by atoms with Crippen LogP contribution in [0.1, 0.15) is 58.9 Å². The molecule has 22 heavy (non-hydrogen) atoms. The molecule has 1 aromatic rings. The Morgan fingerprint density at radius 3 is 2.36 bits per heavy atom. The van der Waals surface area contributed by atoms with E-state index >= 15 is 0 Å². The van der Waals surface area contributed by atoms with Crippen LogP contribution in [0.15, 0.2) is 24.5 Å². The molecule has 0 spiro atoms. The Labute approximate surface area is 150 Å². The number of nitrogens with one attached hydrogen (secondary N) is 1. The minimum Gasteiger partial charge on any atom is -0.377 e. The molecule has 0 aliphatic rings. The number of nitrogens with zero attached hydrogens (tertiary/aromatic N) is 1. The number of rotatable bonds is 8. The second-order valence-corrected chi connectivity index (χ2v) is 6.73. The van der Waals surface area contributed by atoms with E-state index in [1.807, 2.05) is 20.8 Å². The van der Waals surface area contributed by atoms with Crippen molar-refractivity contribution >= 4 is 5.91 Å². The van der Waals surface area contributed by atoms with Crippen LogP contribution in [-0.4, -0.2) is 5.91 Å². The average Bonchev–Trinajstić information content (AvgIpc) is 2.41. The fourth-order valence-electron chi connectivity index (χ4n) is 2.11. The number of carbonyl (C=O) groups excluding carboxylic acids is 1. The van der Waals surface area contributed by atoms with Gasteiger partial charge >= 0.3 is 0 Å². The molecule has 0 atom stereocenters. The first-order chi connectivity index (χ1) is 9.90. The summed E-state index contributed by atoms with van der Waals surface area (Å²) in [5.74, 6) is -0.00112. The summed E-state index contributed by atoms with van der Waals surface area (Å²) in [7, 11) is 0. The Hall–Kier alpha value is -0.822. The topological polar surface area (TPSA) is 33.0 Å². The largest absolute Gasteiger partial charge is 0.377 e. The molecule has 1 aromatic heterocycles. The Morgan fingerprint density at radius 2 is 1.82 bits per heavy atom. The minimum atomic E-state index is -0.0811. The van der Waals surface area contributed by atoms with Crippen molar-refractivity contribution in [2.24, 2.45) is 5.41 Å². The predicted molar refractivity (Wildman–Crippen MR) is 86.4 cm³/mol. The van der Waals surface area contributed by atoms with E-state index in [1.54, 1.807) is 6.42 Å². The molecule has 1 N–H and O–H groups in total. The number of pyridine rings is 1. The summed E-state index contributed by atoms with van der Waals surface area (Å²) in [5, 5.41) is 2.93. The average molecular weight is 474 g/mol. The standard InChI is InChI=1S/C18H30N2O.W/c1-5-6-7-8-11-20-12-9-16(10-13-20)15-19-17(21)14-18(2,3)4;/h9-10,12-14H,5-8,11,15H2,1-4H3,(H,19,21);. The molecule has 0 fully saturated rings. The van der Waals surface area contributed by atoms with Crippen molar-refractivity contribution in [3.63, 3.8) is 0 Å². The van der Waals surface area contributed by atoms with Crippen molar-refractivity contribution in [3.05, 3.63) is 36.5 Å². The molecule has 1 rings (SSSR count). The molecular formula is C18H30N2OW. The van der Waals surface area contributed by atoms with Crippen LogP contribution in [0.5, 0.6) is 0 Å². The van der Waals surface area contributed by atoms with Crippen molar-refractivity contribution < 1.29 is 30.4 Å². The molecule has 0 aromatic carbocycles. The van der Waals surface area contributed by atoms with E-state index in [2.05, 4.69) is 41.3 Å². The Morgan fingerprint density at radius 1 is 1.18 bits per heavy atom. The summed E-state index contributed by atoms with van der Waals surface area (Å²) in [6.45, 7) is 9.96. The molecule has 0 unspecified atom stereocenters. The van der Waals surface area contributed by atoms with Gasteiger partial charge in [0, 0.05) is 46.2 Å². The Bertz CT molecular complexity index is 424. The van der Waals surface area contributed by atoms with Crippen LogP contribution in [-0.2, 0) is 38.9 Å². The fraction of sp³-hybridized carbons (Fsp3) is 0.611. The summed E-state index contributed by atoms with van der Waals surface area (Å²) in [4.78, 5) is 11.7. The molecule has 0 saturated heterocycles. The van der Waals surface area contributed by atoms with E-state index < -0.39 is 0 Å². The SMILES string of the molecule is CCCCCC[n+]1ccc(CNC(=O)[CH-]C(C)(C)C)cc1.[W]. The summed E-state index contributed by atoms with van der Waals surface area (Å²) in [6.07, 6.45) is 11.0. The third-order valence-electron chi connectivity index (χ3n) is 3.26. The van der Waals surface area contributed by atoms with Crippen LogP contribution in [0.3, 0.4) is 0 Å². The van der Waals surface area contributed by atoms with Crippen LogP contribution in [0.4, 0.5) is 0 Å². The number of hydrogen-bond donors (Lipinski definition) is 1. The number of carbonyl (C=O) groups is 1. The minimum absolute atomic E-state index is 0. The number of aromatic nitrogens is 1. The van der Waals surface area contributed by atoms with Crippen LogP contribution in [0.25, 0.3) is 0 Å². The molecule has 0 radical (unpaired) electrons. The number of amides is 1. The first-order valence-corrected chi connectivity index (χ1v) is 8.02. The van der Waals surface area contributed by atoms with Crippen molar-refractivity contribution in [1.29, 1.82) is 0 Å². The smallest absolute Gasteiger partial charge is 0.169 e. The summed E-state index contributed by atoms with van der Waals surface area (Å²) >= 11 is 0. The van der Waals surface area contributed by atoms with Crippen LogP contribution in [0, 0.1) is 11.8 Å². The number of aryl methyl sites for hydroxylation is 1. The van der Waals surface area contributed by atoms with Crippen LogP contribution >= 0.6 is 0 Å². The summed E-state index contributed by atoms with van der Waals surface area (Å²) in [6, 6.07) is 4.16. The number of hydrogen-bond acceptors (Lipinski definition) is 1. The van der Waals surface area contributed by atoms with E-state index in [4.69, 9.17) is 0 Å². The van der Waals surface area contributed by atoms with Gasteiger partial charge in [-0.2, -0.15) is 0 Å². The van der Waals surface area contributed by atoms with Gasteiger partial charge in [-0.15, -0.1) is 5.41 Å². The van der Waals surface area contributed by atoms with Gasteiger partial charge in [0.05, 0.1) is 5.91 Å². The van der Waals surface area contributed by atoms with Gasteiger partial charge in [-0.1, -0.05) is 40.5 Å². The normalized spacial score (nSPS) is 10.7. The molecular weight excluding hydrogens is 444 g/mol. The zero-order valence-corrected chi connectivity index (χ0v) is 17.3. The van der Waals surface area contributed by atoms with E-state index in [9.17, 15) is 4.79 Å². The van der Waals surface area contributed by atoms with Gasteiger partial charge in [-0.05, 0) is 12.0 Å². The van der Waals surface area contributed by atoms with Crippen molar-refractivity contribution in [2.45, 2.75) is 66.5 Å². The van der Waals surface area contributed by atoms with Gasteiger partial charge in [0.15, 0.2) is 12.4 Å². The van der Waals surface area contributed by atoms with E-state index in [-0.39, 0.29) is 32.4 Å². The van der Waals surface area contributed by atoms with Gasteiger partial charge in [0.25, 0.3) is 0 Å². The van der Waals surface area contributed by atoms with Gasteiger partial charge in [0.2, 0.25) is 0 Å². The number of unbranched alkanes of at least 4 members (excludes halogenated alkanes) is 3. The third kappa shape index (κ3) is 10.00. The zero-order chi connectivity index (χ0) is 15.7. The molecule has 0 aliphatic heterocycles. The second kappa shape index (κ2) is 10.8. The van der Waals surface area contributed by atoms with E-state index in [0.29, 0.717) is 6.54 Å². The first kappa shape index (κ1) is 21.2. The molecule has 0 saturated carbocycles. The molecule has 124 valence electrons. The van der Waals surface area contributed by atoms with Crippen molar-refractivity contribution in [2.75, 3.05) is 0 Å². The molecule has 1 amide bonds. The van der Waals surface area contributed by atoms with E-state index in [0.717, 1.165) is 12.1 Å². The van der Waals surface area contributed by atoms with Gasteiger partial charge in [-0.3, -0.25) is 6.42 Å². The van der Waals surface area contributed by atoms with E-state index in [1.165, 1.54) is 25.7 Å². The quantitative estimate of drug-likeness (QED) is 0.350. The van der Waals surface area contributed by atoms with Gasteiger partial charge in [-0.25, -0.2) is 4.57 Å². The second-order valence-electron chi connectivity index (χ2n) is 6.73. The maximum atomic E-state index is 11.7. The maximum absolute atomic E-state index is 11.7. The molecule has 3 nitrogen and oxygen atoms in total. The Balaban J connectivity index is 0.00000441. The molecule has 0 bridgehead atoms. The summed E-state index contributed by atoms with van der Waals surface area (Å²) < 4.78 is 2.21. The van der Waals surface area contributed by atoms with Crippen molar-refractivity contribution in [1.82, 2.24) is 5.32 Å². The van der Waals surface area contributed by atoms with Gasteiger partial charge < -0.3 is 10.1 Å². The Kier molecular flexibility index (Phi) is 10.4. The fourth-order valence-corrected chi connectivity index (χ4v) is 2.11. The van der Waals surface area contributed by atoms with Crippen molar-refractivity contribution in [3.8, 4) is 0 Å². The third-order valence-corrected chi connectivity index (χ3v) is 3.26. The molecule has 4 heteroatoms. The predicted octanol–water partition coefficient (Wildman–Crippen LogP) is 3.42. The maximum Gasteiger partial charge on any atom is 0.169 e. The van der Waals surface area contributed by atoms with Crippen LogP contribution < -0.4 is 9.88 Å². The monoisotopic (exact) mass is 474 g/mol.